The highest BCUT2D eigenvalue weighted by Crippen LogP contribution is 2.28. The lowest BCUT2D eigenvalue weighted by Crippen LogP contribution is -2.53. The number of aromatic amines is 1. The minimum Gasteiger partial charge on any atom is -0.465 e. The highest BCUT2D eigenvalue weighted by molar-refractivity contribution is 9.10. The van der Waals surface area contributed by atoms with Crippen molar-refractivity contribution in [1.29, 1.82) is 5.26 Å². The molecule has 0 aromatic carbocycles. The number of hydrogen-bond acceptors (Lipinski definition) is 6. The lowest BCUT2D eigenvalue weighted by atomic mass is 9.90. The van der Waals surface area contributed by atoms with Crippen molar-refractivity contribution in [2.24, 2.45) is 0 Å². The summed E-state index contributed by atoms with van der Waals surface area (Å²) in [5.41, 5.74) is 0.220. The fraction of sp³-hybridized carbons (Fsp3) is 0.462. The summed E-state index contributed by atoms with van der Waals surface area (Å²) in [6.45, 7) is 3.07. The van der Waals surface area contributed by atoms with Crippen LogP contribution in [0.1, 0.15) is 25.5 Å². The molecule has 0 bridgehead atoms. The fourth-order valence-corrected chi connectivity index (χ4v) is 3.14. The van der Waals surface area contributed by atoms with Crippen LogP contribution in [0.5, 0.6) is 0 Å². The van der Waals surface area contributed by atoms with Crippen LogP contribution in [0.2, 0.25) is 0 Å². The Morgan fingerprint density at radius 1 is 1.48 bits per heavy atom. The number of piperidine rings is 1. The van der Waals surface area contributed by atoms with Gasteiger partial charge in [-0.2, -0.15) is 15.3 Å². The lowest BCUT2D eigenvalue weighted by Gasteiger charge is -2.39. The number of nitrogens with one attached hydrogen (secondary N) is 2. The van der Waals surface area contributed by atoms with Gasteiger partial charge in [0.05, 0.1) is 5.39 Å². The Balaban J connectivity index is 1.85. The zero-order chi connectivity index (χ0) is 16.6. The maximum Gasteiger partial charge on any atom is 0.405 e. The summed E-state index contributed by atoms with van der Waals surface area (Å²) in [6.07, 6.45) is 0.242. The number of aromatic nitrogens is 4. The molecule has 0 radical (unpaired) electrons. The highest BCUT2D eigenvalue weighted by atomic mass is 79.9. The predicted molar refractivity (Wildman–Crippen MR) is 85.1 cm³/mol. The second kappa shape index (κ2) is 5.66. The summed E-state index contributed by atoms with van der Waals surface area (Å²) < 4.78 is 0.576. The van der Waals surface area contributed by atoms with Gasteiger partial charge in [-0.1, -0.05) is 0 Å². The molecule has 3 rings (SSSR count). The van der Waals surface area contributed by atoms with Crippen LogP contribution in [-0.4, -0.2) is 50.0 Å². The first kappa shape index (κ1) is 15.5. The van der Waals surface area contributed by atoms with Crippen LogP contribution in [0.3, 0.4) is 0 Å². The molecule has 0 aliphatic carbocycles. The molecule has 2 aromatic heterocycles. The maximum atomic E-state index is 10.9. The van der Waals surface area contributed by atoms with E-state index < -0.39 is 11.6 Å². The van der Waals surface area contributed by atoms with Crippen LogP contribution in [0.4, 0.5) is 10.7 Å². The average molecular weight is 380 g/mol. The molecule has 23 heavy (non-hydrogen) atoms. The monoisotopic (exact) mass is 379 g/mol. The number of H-pyrrole nitrogens is 1. The van der Waals surface area contributed by atoms with Gasteiger partial charge >= 0.3 is 6.09 Å². The molecule has 0 unspecified atom stereocenters. The van der Waals surface area contributed by atoms with Crippen molar-refractivity contribution in [3.8, 4) is 6.07 Å². The minimum atomic E-state index is -1.02. The van der Waals surface area contributed by atoms with Crippen molar-refractivity contribution in [3.63, 3.8) is 0 Å². The summed E-state index contributed by atoms with van der Waals surface area (Å²) >= 11 is 3.29. The number of halogens is 1. The van der Waals surface area contributed by atoms with Gasteiger partial charge in [-0.15, -0.1) is 0 Å². The lowest BCUT2D eigenvalue weighted by molar-refractivity contribution is 0.173. The van der Waals surface area contributed by atoms with Gasteiger partial charge < -0.3 is 15.3 Å². The normalized spacial score (nSPS) is 17.0. The second-order valence-corrected chi connectivity index (χ2v) is 6.49. The van der Waals surface area contributed by atoms with Crippen LogP contribution < -0.4 is 10.2 Å². The third-order valence-electron chi connectivity index (χ3n) is 4.02. The van der Waals surface area contributed by atoms with Gasteiger partial charge in [0.25, 0.3) is 0 Å². The molecule has 0 spiro atoms. The molecule has 2 aromatic rings. The van der Waals surface area contributed by atoms with E-state index >= 15 is 0 Å². The third kappa shape index (κ3) is 2.92. The van der Waals surface area contributed by atoms with Gasteiger partial charge in [0.15, 0.2) is 11.3 Å². The van der Waals surface area contributed by atoms with E-state index in [1.165, 1.54) is 0 Å². The van der Waals surface area contributed by atoms with E-state index in [2.05, 4.69) is 47.5 Å². The van der Waals surface area contributed by atoms with Gasteiger partial charge in [0.1, 0.15) is 10.7 Å². The molecule has 10 heteroatoms. The number of nitrogens with zero attached hydrogens (tertiary/aromatic N) is 5. The number of rotatable bonds is 2. The SMILES string of the molecule is CC1(NC(=O)O)CCN(c2nc(C#N)c3c(Br)[nH]nc3n2)CC1. The Kier molecular flexibility index (Phi) is 3.81. The Labute approximate surface area is 139 Å². The number of carbonyl (C=O) groups is 1. The first-order chi connectivity index (χ1) is 10.9. The third-order valence-corrected chi connectivity index (χ3v) is 4.60. The molecule has 0 atom stereocenters. The number of amides is 1. The van der Waals surface area contributed by atoms with Crippen molar-refractivity contribution in [3.05, 3.63) is 10.3 Å². The molecule has 120 valence electrons. The molecule has 1 fully saturated rings. The van der Waals surface area contributed by atoms with Crippen molar-refractivity contribution < 1.29 is 9.90 Å². The number of hydrogen-bond donors (Lipinski definition) is 3. The quantitative estimate of drug-likeness (QED) is 0.721. The Morgan fingerprint density at radius 3 is 2.78 bits per heavy atom. The molecule has 9 nitrogen and oxygen atoms in total. The smallest absolute Gasteiger partial charge is 0.405 e. The van der Waals surface area contributed by atoms with E-state index in [1.54, 1.807) is 0 Å². The Hall–Kier alpha value is -2.41. The summed E-state index contributed by atoms with van der Waals surface area (Å²) in [4.78, 5) is 21.5. The minimum absolute atomic E-state index is 0.252. The molecule has 0 saturated carbocycles. The van der Waals surface area contributed by atoms with Crippen molar-refractivity contribution >= 4 is 39.0 Å². The molecular formula is C13H14BrN7O2. The molecule has 1 aliphatic heterocycles. The predicted octanol–water partition coefficient (Wildman–Crippen LogP) is 1.61. The van der Waals surface area contributed by atoms with Crippen LogP contribution in [0, 0.1) is 11.3 Å². The summed E-state index contributed by atoms with van der Waals surface area (Å²) in [5, 5.41) is 28.1. The Bertz CT molecular complexity index is 804. The summed E-state index contributed by atoms with van der Waals surface area (Å²) in [6, 6.07) is 2.06. The van der Waals surface area contributed by atoms with Crippen LogP contribution in [-0.2, 0) is 0 Å². The second-order valence-electron chi connectivity index (χ2n) is 5.70. The van der Waals surface area contributed by atoms with Crippen molar-refractivity contribution in [1.82, 2.24) is 25.5 Å². The fourth-order valence-electron chi connectivity index (χ4n) is 2.68. The summed E-state index contributed by atoms with van der Waals surface area (Å²) in [5.74, 6) is 0.436. The van der Waals surface area contributed by atoms with Crippen molar-refractivity contribution in [2.75, 3.05) is 18.0 Å². The number of fused-ring (bicyclic) bond motifs is 1. The molecule has 1 amide bonds. The Morgan fingerprint density at radius 2 is 2.17 bits per heavy atom. The topological polar surface area (TPSA) is 131 Å². The molecule has 3 heterocycles. The summed E-state index contributed by atoms with van der Waals surface area (Å²) in [7, 11) is 0. The molecule has 1 aliphatic rings. The maximum absolute atomic E-state index is 10.9. The average Bonchev–Trinajstić information content (AvgIpc) is 2.87. The number of anilines is 1. The largest absolute Gasteiger partial charge is 0.465 e. The van der Waals surface area contributed by atoms with E-state index in [0.717, 1.165) is 0 Å². The standard InChI is InChI=1S/C13H14BrN7O2/c1-13(18-12(22)23)2-4-21(5-3-13)11-16-7(6-15)8-9(14)19-20-10(8)17-11/h18H,2-5H2,1H3,(H,22,23)(H,16,17,19,20). The zero-order valence-corrected chi connectivity index (χ0v) is 13.9. The van der Waals surface area contributed by atoms with Crippen molar-refractivity contribution in [2.45, 2.75) is 25.3 Å². The van der Waals surface area contributed by atoms with Gasteiger partial charge in [-0.05, 0) is 35.7 Å². The van der Waals surface area contributed by atoms with Gasteiger partial charge in [-0.25, -0.2) is 9.78 Å². The first-order valence-electron chi connectivity index (χ1n) is 7.00. The van der Waals surface area contributed by atoms with E-state index in [-0.39, 0.29) is 5.69 Å². The molecule has 3 N–H and O–H groups in total. The number of carboxylic acid groups (broad SMARTS) is 1. The zero-order valence-electron chi connectivity index (χ0n) is 12.3. The van der Waals surface area contributed by atoms with Gasteiger partial charge in [0.2, 0.25) is 5.95 Å². The van der Waals surface area contributed by atoms with E-state index in [4.69, 9.17) is 5.11 Å². The van der Waals surface area contributed by atoms with Crippen LogP contribution in [0.25, 0.3) is 11.0 Å². The van der Waals surface area contributed by atoms with E-state index in [0.29, 0.717) is 47.5 Å². The van der Waals surface area contributed by atoms with E-state index in [9.17, 15) is 10.1 Å². The van der Waals surface area contributed by atoms with Gasteiger partial charge in [-0.3, -0.25) is 5.10 Å². The highest BCUT2D eigenvalue weighted by Gasteiger charge is 2.32. The van der Waals surface area contributed by atoms with Gasteiger partial charge in [0, 0.05) is 18.6 Å². The number of nitriles is 1. The van der Waals surface area contributed by atoms with E-state index in [1.807, 2.05) is 11.8 Å². The van der Waals surface area contributed by atoms with Crippen LogP contribution in [0.15, 0.2) is 4.60 Å². The first-order valence-corrected chi connectivity index (χ1v) is 7.79. The molecular weight excluding hydrogens is 366 g/mol. The van der Waals surface area contributed by atoms with Crippen LogP contribution >= 0.6 is 15.9 Å². The molecule has 1 saturated heterocycles.